The first-order valence-corrected chi connectivity index (χ1v) is 7.81. The van der Waals surface area contributed by atoms with Gasteiger partial charge in [0.25, 0.3) is 0 Å². The van der Waals surface area contributed by atoms with Crippen molar-refractivity contribution in [1.82, 2.24) is 15.2 Å². The van der Waals surface area contributed by atoms with E-state index < -0.39 is 0 Å². The van der Waals surface area contributed by atoms with Crippen LogP contribution in [0.5, 0.6) is 0 Å². The van der Waals surface area contributed by atoms with E-state index in [9.17, 15) is 4.79 Å². The Morgan fingerprint density at radius 3 is 2.83 bits per heavy atom. The average Bonchev–Trinajstić information content (AvgIpc) is 3.14. The van der Waals surface area contributed by atoms with Crippen LogP contribution in [0.4, 0.5) is 5.82 Å². The molecule has 0 spiro atoms. The summed E-state index contributed by atoms with van der Waals surface area (Å²) in [5.74, 6) is 1.16. The highest BCUT2D eigenvalue weighted by atomic mass is 35.5. The molecule has 0 saturated carbocycles. The summed E-state index contributed by atoms with van der Waals surface area (Å²) in [5, 5.41) is 11.9. The maximum Gasteiger partial charge on any atom is 0.224 e. The lowest BCUT2D eigenvalue weighted by Crippen LogP contribution is -2.40. The van der Waals surface area contributed by atoms with Gasteiger partial charge < -0.3 is 15.1 Å². The number of amides is 1. The van der Waals surface area contributed by atoms with Crippen molar-refractivity contribution in [1.29, 1.82) is 5.26 Å². The van der Waals surface area contributed by atoms with Crippen LogP contribution in [-0.2, 0) is 4.79 Å². The third-order valence-electron chi connectivity index (χ3n) is 4.66. The van der Waals surface area contributed by atoms with Gasteiger partial charge in [-0.1, -0.05) is 0 Å². The molecule has 0 bridgehead atoms. The van der Waals surface area contributed by atoms with Crippen LogP contribution in [-0.4, -0.2) is 54.6 Å². The molecular weight excluding hydrogens is 314 g/mol. The normalized spacial score (nSPS) is 22.4. The second kappa shape index (κ2) is 7.62. The molecule has 3 rings (SSSR count). The van der Waals surface area contributed by atoms with Gasteiger partial charge in [-0.3, -0.25) is 4.79 Å². The number of nitriles is 1. The summed E-state index contributed by atoms with van der Waals surface area (Å²) >= 11 is 0. The fourth-order valence-electron chi connectivity index (χ4n) is 3.58. The van der Waals surface area contributed by atoms with E-state index in [1.807, 2.05) is 18.0 Å². The average molecular weight is 336 g/mol. The lowest BCUT2D eigenvalue weighted by Gasteiger charge is -2.26. The predicted molar refractivity (Wildman–Crippen MR) is 90.6 cm³/mol. The quantitative estimate of drug-likeness (QED) is 0.894. The molecule has 1 aromatic heterocycles. The fraction of sp³-hybridized carbons (Fsp3) is 0.562. The number of halogens is 1. The monoisotopic (exact) mass is 335 g/mol. The summed E-state index contributed by atoms with van der Waals surface area (Å²) in [7, 11) is 1.87. The van der Waals surface area contributed by atoms with Crippen LogP contribution in [0.25, 0.3) is 0 Å². The van der Waals surface area contributed by atoms with Crippen LogP contribution in [0.3, 0.4) is 0 Å². The Labute approximate surface area is 142 Å². The molecule has 2 unspecified atom stereocenters. The molecule has 1 N–H and O–H groups in total. The highest BCUT2D eigenvalue weighted by Crippen LogP contribution is 2.34. The number of fused-ring (bicyclic) bond motifs is 1. The number of nitrogens with one attached hydrogen (secondary N) is 1. The maximum absolute atomic E-state index is 12.3. The third-order valence-corrected chi connectivity index (χ3v) is 4.66. The van der Waals surface area contributed by atoms with Crippen molar-refractivity contribution in [3.8, 4) is 6.07 Å². The molecule has 2 atom stereocenters. The first-order valence-electron chi connectivity index (χ1n) is 7.81. The zero-order chi connectivity index (χ0) is 15.5. The van der Waals surface area contributed by atoms with Crippen molar-refractivity contribution in [2.75, 3.05) is 31.6 Å². The van der Waals surface area contributed by atoms with Crippen LogP contribution < -0.4 is 10.2 Å². The van der Waals surface area contributed by atoms with Gasteiger partial charge in [-0.2, -0.15) is 5.26 Å². The molecule has 23 heavy (non-hydrogen) atoms. The van der Waals surface area contributed by atoms with Gasteiger partial charge in [0.1, 0.15) is 11.9 Å². The zero-order valence-electron chi connectivity index (χ0n) is 13.2. The number of anilines is 1. The lowest BCUT2D eigenvalue weighted by molar-refractivity contribution is -0.131. The Bertz CT molecular complexity index is 585. The summed E-state index contributed by atoms with van der Waals surface area (Å²) in [5.41, 5.74) is 0.579. The van der Waals surface area contributed by atoms with Crippen molar-refractivity contribution < 1.29 is 4.79 Å². The number of nitrogens with zero attached hydrogens (tertiary/aromatic N) is 4. The van der Waals surface area contributed by atoms with E-state index in [1.54, 1.807) is 12.3 Å². The minimum atomic E-state index is 0. The minimum absolute atomic E-state index is 0. The van der Waals surface area contributed by atoms with Gasteiger partial charge in [0.2, 0.25) is 5.91 Å². The van der Waals surface area contributed by atoms with Gasteiger partial charge in [-0.25, -0.2) is 4.98 Å². The van der Waals surface area contributed by atoms with Crippen LogP contribution in [0.2, 0.25) is 0 Å². The van der Waals surface area contributed by atoms with E-state index in [0.717, 1.165) is 38.3 Å². The number of aromatic nitrogens is 1. The second-order valence-electron chi connectivity index (χ2n) is 5.86. The molecule has 7 heteroatoms. The topological polar surface area (TPSA) is 72.3 Å². The Morgan fingerprint density at radius 1 is 1.39 bits per heavy atom. The first-order chi connectivity index (χ1) is 10.7. The molecule has 2 fully saturated rings. The molecule has 2 saturated heterocycles. The van der Waals surface area contributed by atoms with Gasteiger partial charge in [0, 0.05) is 32.3 Å². The molecule has 2 aliphatic rings. The van der Waals surface area contributed by atoms with Crippen LogP contribution in [0, 0.1) is 11.3 Å². The Morgan fingerprint density at radius 2 is 2.17 bits per heavy atom. The summed E-state index contributed by atoms with van der Waals surface area (Å²) in [6, 6.07) is 6.48. The van der Waals surface area contributed by atoms with Gasteiger partial charge in [0.15, 0.2) is 0 Å². The van der Waals surface area contributed by atoms with E-state index >= 15 is 0 Å². The van der Waals surface area contributed by atoms with Crippen LogP contribution in [0.15, 0.2) is 18.3 Å². The molecule has 2 aliphatic heterocycles. The fourth-order valence-corrected chi connectivity index (χ4v) is 3.58. The maximum atomic E-state index is 12.3. The van der Waals surface area contributed by atoms with Crippen LogP contribution in [0.1, 0.15) is 24.8 Å². The van der Waals surface area contributed by atoms with Gasteiger partial charge in [-0.05, 0) is 32.0 Å². The lowest BCUT2D eigenvalue weighted by atomic mass is 10.1. The van der Waals surface area contributed by atoms with E-state index in [-0.39, 0.29) is 18.3 Å². The van der Waals surface area contributed by atoms with E-state index in [0.29, 0.717) is 24.1 Å². The number of hydrogen-bond donors (Lipinski definition) is 1. The van der Waals surface area contributed by atoms with E-state index in [1.165, 1.54) is 0 Å². The summed E-state index contributed by atoms with van der Waals surface area (Å²) in [4.78, 5) is 21.0. The molecule has 124 valence electrons. The number of likely N-dealkylation sites (tertiary alicyclic amines) is 1. The number of rotatable bonds is 4. The molecular formula is C16H22ClN5O. The van der Waals surface area contributed by atoms with E-state index in [2.05, 4.69) is 21.3 Å². The second-order valence-corrected chi connectivity index (χ2v) is 5.86. The predicted octanol–water partition coefficient (Wildman–Crippen LogP) is 1.16. The molecule has 1 amide bonds. The summed E-state index contributed by atoms with van der Waals surface area (Å²) in [6.07, 6.45) is 4.18. The highest BCUT2D eigenvalue weighted by molar-refractivity contribution is 5.85. The van der Waals surface area contributed by atoms with Crippen molar-refractivity contribution in [3.05, 3.63) is 23.9 Å². The number of carbonyl (C=O) groups excluding carboxylic acids is 1. The van der Waals surface area contributed by atoms with Crippen molar-refractivity contribution in [3.63, 3.8) is 0 Å². The number of pyridine rings is 1. The van der Waals surface area contributed by atoms with E-state index in [4.69, 9.17) is 5.26 Å². The van der Waals surface area contributed by atoms with Crippen molar-refractivity contribution in [2.45, 2.75) is 31.3 Å². The van der Waals surface area contributed by atoms with Crippen molar-refractivity contribution >= 4 is 24.1 Å². The van der Waals surface area contributed by atoms with Gasteiger partial charge in [0.05, 0.1) is 17.6 Å². The number of carbonyl (C=O) groups is 1. The molecule has 6 nitrogen and oxygen atoms in total. The Balaban J connectivity index is 0.00000192. The molecule has 1 aromatic rings. The summed E-state index contributed by atoms with van der Waals surface area (Å²) in [6.45, 7) is 2.49. The Hall–Kier alpha value is -1.84. The minimum Gasteiger partial charge on any atom is -0.351 e. The largest absolute Gasteiger partial charge is 0.351 e. The summed E-state index contributed by atoms with van der Waals surface area (Å²) < 4.78 is 0. The standard InChI is InChI=1S/C16H21N5O.ClH/c1-18-7-4-16(22)21-9-6-13-14(21)5-8-20(13)15-3-2-12(10-17)11-19-15;/h2-3,11,13-14,18H,4-9H2,1H3;1H. The van der Waals surface area contributed by atoms with Gasteiger partial charge >= 0.3 is 0 Å². The third kappa shape index (κ3) is 3.41. The SMILES string of the molecule is CNCCC(=O)N1CCC2C1CCN2c1ccc(C#N)cn1.Cl. The number of hydrogen-bond acceptors (Lipinski definition) is 5. The molecule has 3 heterocycles. The van der Waals surface area contributed by atoms with Crippen LogP contribution >= 0.6 is 12.4 Å². The first kappa shape index (κ1) is 17.5. The van der Waals surface area contributed by atoms with Crippen molar-refractivity contribution in [2.24, 2.45) is 0 Å². The van der Waals surface area contributed by atoms with Gasteiger partial charge in [-0.15, -0.1) is 12.4 Å². The highest BCUT2D eigenvalue weighted by Gasteiger charge is 2.44. The molecule has 0 radical (unpaired) electrons. The smallest absolute Gasteiger partial charge is 0.224 e. The molecule has 0 aromatic carbocycles. The molecule has 0 aliphatic carbocycles. The zero-order valence-corrected chi connectivity index (χ0v) is 14.1. The Kier molecular flexibility index (Phi) is 5.80.